The molecule has 1 aliphatic heterocycles. The Morgan fingerprint density at radius 3 is 2.52 bits per heavy atom. The molecule has 0 bridgehead atoms. The molecule has 1 saturated heterocycles. The lowest BCUT2D eigenvalue weighted by Gasteiger charge is -2.34. The van der Waals surface area contributed by atoms with Crippen LogP contribution in [0.5, 0.6) is 0 Å². The molecule has 1 heterocycles. The molecule has 2 aromatic carbocycles. The van der Waals surface area contributed by atoms with E-state index in [2.05, 4.69) is 52.9 Å². The molecule has 0 saturated carbocycles. The minimum Gasteiger partial charge on any atom is -0.360 e. The van der Waals surface area contributed by atoms with Crippen LogP contribution in [0.3, 0.4) is 0 Å². The summed E-state index contributed by atoms with van der Waals surface area (Å²) in [5.74, 6) is -0.191. The van der Waals surface area contributed by atoms with Gasteiger partial charge in [0.2, 0.25) is 0 Å². The third kappa shape index (κ3) is 3.93. The highest BCUT2D eigenvalue weighted by molar-refractivity contribution is 9.10. The van der Waals surface area contributed by atoms with Crippen molar-refractivity contribution < 1.29 is 9.29 Å². The Hall–Kier alpha value is -1.39. The summed E-state index contributed by atoms with van der Waals surface area (Å²) in [7, 11) is 0. The quantitative estimate of drug-likeness (QED) is 0.863. The van der Waals surface area contributed by atoms with Crippen molar-refractivity contribution in [2.75, 3.05) is 31.1 Å². The zero-order valence-corrected chi connectivity index (χ0v) is 15.3. The van der Waals surface area contributed by atoms with Crippen molar-refractivity contribution in [1.29, 1.82) is 0 Å². The van der Waals surface area contributed by atoms with Gasteiger partial charge in [0, 0.05) is 11.3 Å². The summed E-state index contributed by atoms with van der Waals surface area (Å²) >= 11 is 3.27. The molecule has 0 amide bonds. The molecule has 1 aliphatic rings. The van der Waals surface area contributed by atoms with Gasteiger partial charge in [-0.2, -0.15) is 0 Å². The van der Waals surface area contributed by atoms with Gasteiger partial charge in [0.25, 0.3) is 0 Å². The Morgan fingerprint density at radius 1 is 1.09 bits per heavy atom. The SMILES string of the molecule is Cc1ccc(C)c(N2CC[NH+](Cc3ccc(F)c(Br)c3)CC2)c1. The van der Waals surface area contributed by atoms with Crippen molar-refractivity contribution in [2.24, 2.45) is 0 Å². The van der Waals surface area contributed by atoms with Gasteiger partial charge in [-0.3, -0.25) is 0 Å². The van der Waals surface area contributed by atoms with Gasteiger partial charge in [0.05, 0.1) is 30.7 Å². The van der Waals surface area contributed by atoms with Crippen LogP contribution in [0.1, 0.15) is 16.7 Å². The summed E-state index contributed by atoms with van der Waals surface area (Å²) in [6, 6.07) is 12.0. The summed E-state index contributed by atoms with van der Waals surface area (Å²) < 4.78 is 13.9. The van der Waals surface area contributed by atoms with E-state index in [1.807, 2.05) is 12.1 Å². The van der Waals surface area contributed by atoms with E-state index in [0.29, 0.717) is 4.47 Å². The number of piperazine rings is 1. The smallest absolute Gasteiger partial charge is 0.137 e. The number of hydrogen-bond donors (Lipinski definition) is 1. The van der Waals surface area contributed by atoms with Gasteiger partial charge in [0.1, 0.15) is 12.4 Å². The first-order valence-corrected chi connectivity index (χ1v) is 8.92. The fourth-order valence-electron chi connectivity index (χ4n) is 3.24. The van der Waals surface area contributed by atoms with Crippen molar-refractivity contribution in [2.45, 2.75) is 20.4 Å². The Morgan fingerprint density at radius 2 is 1.83 bits per heavy atom. The van der Waals surface area contributed by atoms with Crippen LogP contribution >= 0.6 is 15.9 Å². The van der Waals surface area contributed by atoms with Gasteiger partial charge in [-0.05, 0) is 59.1 Å². The van der Waals surface area contributed by atoms with Crippen LogP contribution in [0.2, 0.25) is 0 Å². The largest absolute Gasteiger partial charge is 0.360 e. The second kappa shape index (κ2) is 7.02. The molecule has 2 nitrogen and oxygen atoms in total. The average Bonchev–Trinajstić information content (AvgIpc) is 2.54. The molecule has 0 aliphatic carbocycles. The summed E-state index contributed by atoms with van der Waals surface area (Å²) in [6.07, 6.45) is 0. The van der Waals surface area contributed by atoms with Gasteiger partial charge >= 0.3 is 0 Å². The number of hydrogen-bond acceptors (Lipinski definition) is 1. The highest BCUT2D eigenvalue weighted by Crippen LogP contribution is 2.21. The molecule has 1 N–H and O–H groups in total. The van der Waals surface area contributed by atoms with Gasteiger partial charge in [0.15, 0.2) is 0 Å². The molecule has 4 heteroatoms. The van der Waals surface area contributed by atoms with Crippen LogP contribution in [0.25, 0.3) is 0 Å². The number of anilines is 1. The first-order chi connectivity index (χ1) is 11.0. The second-order valence-electron chi connectivity index (χ2n) is 6.45. The van der Waals surface area contributed by atoms with E-state index in [4.69, 9.17) is 0 Å². The number of aryl methyl sites for hydroxylation is 2. The van der Waals surface area contributed by atoms with Crippen LogP contribution in [0, 0.1) is 19.7 Å². The first kappa shape index (κ1) is 16.5. The molecule has 2 aromatic rings. The highest BCUT2D eigenvalue weighted by Gasteiger charge is 2.21. The molecular weight excluding hydrogens is 355 g/mol. The number of benzene rings is 2. The van der Waals surface area contributed by atoms with E-state index >= 15 is 0 Å². The van der Waals surface area contributed by atoms with Gasteiger partial charge in [-0.25, -0.2) is 4.39 Å². The molecule has 0 unspecified atom stereocenters. The third-order valence-corrected chi connectivity index (χ3v) is 5.22. The lowest BCUT2D eigenvalue weighted by atomic mass is 10.1. The van der Waals surface area contributed by atoms with Crippen LogP contribution in [0.4, 0.5) is 10.1 Å². The fraction of sp³-hybridized carbons (Fsp3) is 0.368. The fourth-order valence-corrected chi connectivity index (χ4v) is 3.67. The van der Waals surface area contributed by atoms with Gasteiger partial charge < -0.3 is 9.80 Å². The normalized spacial score (nSPS) is 15.9. The molecule has 0 aromatic heterocycles. The number of nitrogens with one attached hydrogen (secondary N) is 1. The van der Waals surface area contributed by atoms with Crippen LogP contribution in [-0.4, -0.2) is 26.2 Å². The van der Waals surface area contributed by atoms with Crippen molar-refractivity contribution in [1.82, 2.24) is 0 Å². The van der Waals surface area contributed by atoms with E-state index in [9.17, 15) is 4.39 Å². The predicted octanol–water partition coefficient (Wildman–Crippen LogP) is 3.11. The zero-order valence-electron chi connectivity index (χ0n) is 13.7. The monoisotopic (exact) mass is 377 g/mol. The minimum atomic E-state index is -0.191. The van der Waals surface area contributed by atoms with E-state index in [1.54, 1.807) is 11.0 Å². The topological polar surface area (TPSA) is 7.68 Å². The minimum absolute atomic E-state index is 0.191. The molecule has 1 fully saturated rings. The molecule has 0 spiro atoms. The maximum Gasteiger partial charge on any atom is 0.137 e. The predicted molar refractivity (Wildman–Crippen MR) is 96.6 cm³/mol. The number of quaternary nitrogens is 1. The first-order valence-electron chi connectivity index (χ1n) is 8.12. The molecule has 3 rings (SSSR count). The van der Waals surface area contributed by atoms with Crippen LogP contribution in [0.15, 0.2) is 40.9 Å². The van der Waals surface area contributed by atoms with E-state index in [1.165, 1.54) is 22.4 Å². The molecule has 23 heavy (non-hydrogen) atoms. The summed E-state index contributed by atoms with van der Waals surface area (Å²) in [5.41, 5.74) is 5.22. The summed E-state index contributed by atoms with van der Waals surface area (Å²) in [4.78, 5) is 4.05. The maximum absolute atomic E-state index is 13.3. The Bertz CT molecular complexity index is 694. The van der Waals surface area contributed by atoms with Crippen molar-refractivity contribution in [3.8, 4) is 0 Å². The number of halogens is 2. The van der Waals surface area contributed by atoms with Gasteiger partial charge in [-0.1, -0.05) is 18.2 Å². The third-order valence-electron chi connectivity index (χ3n) is 4.61. The molecular formula is C19H23BrFN2+. The standard InChI is InChI=1S/C19H22BrFN2/c1-14-3-4-15(2)19(11-14)23-9-7-22(8-10-23)13-16-5-6-18(21)17(20)12-16/h3-6,11-12H,7-10,13H2,1-2H3/p+1. The van der Waals surface area contributed by atoms with Crippen molar-refractivity contribution in [3.63, 3.8) is 0 Å². The van der Waals surface area contributed by atoms with Gasteiger partial charge in [-0.15, -0.1) is 0 Å². The molecule has 0 radical (unpaired) electrons. The van der Waals surface area contributed by atoms with Crippen molar-refractivity contribution >= 4 is 21.6 Å². The van der Waals surface area contributed by atoms with E-state index < -0.39 is 0 Å². The van der Waals surface area contributed by atoms with Crippen LogP contribution in [-0.2, 0) is 6.54 Å². The lowest BCUT2D eigenvalue weighted by Crippen LogP contribution is -3.13. The Kier molecular flexibility index (Phi) is 5.02. The van der Waals surface area contributed by atoms with E-state index in [-0.39, 0.29) is 5.82 Å². The maximum atomic E-state index is 13.3. The number of rotatable bonds is 3. The highest BCUT2D eigenvalue weighted by atomic mass is 79.9. The molecule has 0 atom stereocenters. The summed E-state index contributed by atoms with van der Waals surface area (Å²) in [5, 5.41) is 0. The average molecular weight is 378 g/mol. The summed E-state index contributed by atoms with van der Waals surface area (Å²) in [6.45, 7) is 9.66. The Balaban J connectivity index is 1.62. The number of nitrogens with zero attached hydrogens (tertiary/aromatic N) is 1. The lowest BCUT2D eigenvalue weighted by molar-refractivity contribution is -0.914. The van der Waals surface area contributed by atoms with Crippen LogP contribution < -0.4 is 9.80 Å². The zero-order chi connectivity index (χ0) is 16.4. The second-order valence-corrected chi connectivity index (χ2v) is 7.31. The van der Waals surface area contributed by atoms with E-state index in [0.717, 1.165) is 32.7 Å². The Labute approximate surface area is 146 Å². The van der Waals surface area contributed by atoms with Crippen molar-refractivity contribution in [3.05, 3.63) is 63.4 Å². The molecule has 122 valence electrons.